The van der Waals surface area contributed by atoms with E-state index in [1.54, 1.807) is 13.8 Å². The van der Waals surface area contributed by atoms with E-state index in [4.69, 9.17) is 29.4 Å². The minimum absolute atomic E-state index is 0.0232. The highest BCUT2D eigenvalue weighted by molar-refractivity contribution is 5.83. The number of carbonyl (C=O) groups is 4. The van der Waals surface area contributed by atoms with Crippen LogP contribution in [0.15, 0.2) is 18.2 Å². The van der Waals surface area contributed by atoms with Crippen LogP contribution in [0.4, 0.5) is 4.79 Å². The van der Waals surface area contributed by atoms with Gasteiger partial charge in [-0.3, -0.25) is 9.59 Å². The third kappa shape index (κ3) is 13.4. The van der Waals surface area contributed by atoms with Gasteiger partial charge in [0.05, 0.1) is 6.61 Å². The van der Waals surface area contributed by atoms with Crippen LogP contribution in [-0.4, -0.2) is 42.9 Å². The Morgan fingerprint density at radius 3 is 1.73 bits per heavy atom. The third-order valence-electron chi connectivity index (χ3n) is 6.13. The molecule has 3 atom stereocenters. The Balaban J connectivity index is 3.08. The monoisotopic (exact) mass is 579 g/mol. The molecule has 232 valence electrons. The fraction of sp³-hybridized carbons (Fsp3) is 0.677. The number of benzene rings is 1. The van der Waals surface area contributed by atoms with E-state index < -0.39 is 41.8 Å². The maximum atomic E-state index is 13.1. The first-order chi connectivity index (χ1) is 18.8. The Kier molecular flexibility index (Phi) is 13.8. The summed E-state index contributed by atoms with van der Waals surface area (Å²) >= 11 is 0. The number of rotatable bonds is 14. The summed E-state index contributed by atoms with van der Waals surface area (Å²) < 4.78 is 26.9. The fourth-order valence-corrected chi connectivity index (χ4v) is 3.22. The minimum Gasteiger partial charge on any atom is -0.457 e. The van der Waals surface area contributed by atoms with Gasteiger partial charge in [0.1, 0.15) is 17.7 Å². The quantitative estimate of drug-likeness (QED) is 0.204. The topological polar surface area (TPSA) is 140 Å². The highest BCUT2D eigenvalue weighted by Crippen LogP contribution is 2.34. The van der Waals surface area contributed by atoms with Gasteiger partial charge in [0.15, 0.2) is 11.5 Å². The second-order valence-corrected chi connectivity index (χ2v) is 12.7. The lowest BCUT2D eigenvalue weighted by atomic mass is 9.93. The molecule has 0 unspecified atom stereocenters. The molecule has 2 N–H and O–H groups in total. The average Bonchev–Trinajstić information content (AvgIpc) is 2.85. The molecule has 0 heterocycles. The Morgan fingerprint density at radius 2 is 1.24 bits per heavy atom. The van der Waals surface area contributed by atoms with Crippen molar-refractivity contribution < 1.29 is 42.9 Å². The van der Waals surface area contributed by atoms with Crippen molar-refractivity contribution in [2.45, 2.75) is 113 Å². The van der Waals surface area contributed by atoms with Crippen LogP contribution in [0, 0.1) is 17.3 Å². The van der Waals surface area contributed by atoms with Crippen molar-refractivity contribution in [1.82, 2.24) is 0 Å². The normalized spacial score (nSPS) is 14.6. The van der Waals surface area contributed by atoms with Crippen LogP contribution >= 0.6 is 0 Å². The van der Waals surface area contributed by atoms with Gasteiger partial charge in [-0.25, -0.2) is 9.59 Å². The lowest BCUT2D eigenvalue weighted by Gasteiger charge is -2.28. The van der Waals surface area contributed by atoms with Crippen molar-refractivity contribution in [2.75, 3.05) is 6.61 Å². The van der Waals surface area contributed by atoms with Crippen LogP contribution in [-0.2, 0) is 34.1 Å². The molecule has 0 saturated heterocycles. The number of esters is 3. The van der Waals surface area contributed by atoms with E-state index in [2.05, 4.69) is 0 Å². The number of ether oxygens (including phenoxy) is 5. The van der Waals surface area contributed by atoms with Crippen molar-refractivity contribution in [1.29, 1.82) is 0 Å². The average molecular weight is 580 g/mol. The van der Waals surface area contributed by atoms with Crippen molar-refractivity contribution in [3.63, 3.8) is 0 Å². The second-order valence-electron chi connectivity index (χ2n) is 12.7. The highest BCUT2D eigenvalue weighted by Gasteiger charge is 2.36. The van der Waals surface area contributed by atoms with Gasteiger partial charge in [0, 0.05) is 12.8 Å². The maximum Gasteiger partial charge on any atom is 0.508 e. The van der Waals surface area contributed by atoms with Crippen molar-refractivity contribution in [3.8, 4) is 11.5 Å². The van der Waals surface area contributed by atoms with Gasteiger partial charge in [0.2, 0.25) is 0 Å². The van der Waals surface area contributed by atoms with Crippen molar-refractivity contribution >= 4 is 24.1 Å². The molecule has 0 aliphatic carbocycles. The Hall–Kier alpha value is -3.14. The molecule has 0 aliphatic heterocycles. The van der Waals surface area contributed by atoms with Crippen LogP contribution in [0.3, 0.4) is 0 Å². The molecule has 1 rings (SSSR count). The van der Waals surface area contributed by atoms with Gasteiger partial charge in [-0.05, 0) is 68.6 Å². The van der Waals surface area contributed by atoms with E-state index in [0.717, 1.165) is 0 Å². The van der Waals surface area contributed by atoms with Crippen molar-refractivity contribution in [2.24, 2.45) is 23.0 Å². The smallest absolute Gasteiger partial charge is 0.457 e. The molecule has 0 spiro atoms. The number of hydrogen-bond acceptors (Lipinski definition) is 10. The Labute approximate surface area is 244 Å². The summed E-state index contributed by atoms with van der Waals surface area (Å²) in [4.78, 5) is 50.1. The second kappa shape index (κ2) is 15.7. The molecule has 0 amide bonds. The third-order valence-corrected chi connectivity index (χ3v) is 6.13. The molecule has 0 fully saturated rings. The Bertz CT molecular complexity index is 1040. The van der Waals surface area contributed by atoms with Gasteiger partial charge in [-0.2, -0.15) is 0 Å². The van der Waals surface area contributed by atoms with Gasteiger partial charge in [0.25, 0.3) is 0 Å². The molecule has 0 saturated carbocycles. The summed E-state index contributed by atoms with van der Waals surface area (Å²) in [6.07, 6.45) is -0.906. The van der Waals surface area contributed by atoms with Crippen LogP contribution in [0.25, 0.3) is 0 Å². The van der Waals surface area contributed by atoms with E-state index in [1.807, 2.05) is 48.5 Å². The summed E-state index contributed by atoms with van der Waals surface area (Å²) in [7, 11) is 0. The zero-order chi connectivity index (χ0) is 31.5. The van der Waals surface area contributed by atoms with Gasteiger partial charge in [-0.1, -0.05) is 54.5 Å². The number of nitrogens with two attached hydrogens (primary N) is 1. The van der Waals surface area contributed by atoms with Crippen LogP contribution in [0.1, 0.15) is 100 Å². The first kappa shape index (κ1) is 35.9. The SMILES string of the molecule is CC(C)CCC(=O)Oc1ccc([C@](C)(N)C(=O)O[C@@H](C)[C@H](C)OC(=O)OCC(C)(C)C)cc1OC(=O)CCC(C)C. The van der Waals surface area contributed by atoms with E-state index in [1.165, 1.54) is 25.1 Å². The summed E-state index contributed by atoms with van der Waals surface area (Å²) in [5.74, 6) is -1.15. The largest absolute Gasteiger partial charge is 0.508 e. The first-order valence-electron chi connectivity index (χ1n) is 14.2. The molecular formula is C31H49NO9. The molecule has 10 nitrogen and oxygen atoms in total. The minimum atomic E-state index is -1.68. The van der Waals surface area contributed by atoms with Gasteiger partial charge < -0.3 is 29.4 Å². The molecule has 0 radical (unpaired) electrons. The standard InChI is InChI=1S/C31H49NO9/c1-19(2)11-15-26(33)40-24-14-13-23(17-25(24)41-27(34)16-12-20(3)4)31(10,32)28(35)38-21(5)22(6)39-29(36)37-18-30(7,8)9/h13-14,17,19-22H,11-12,15-16,18,32H2,1-10H3/t21-,22-,31-/m0/s1. The van der Waals surface area contributed by atoms with Gasteiger partial charge in [-0.15, -0.1) is 0 Å². The van der Waals surface area contributed by atoms with E-state index in [-0.39, 0.29) is 47.8 Å². The molecule has 1 aromatic carbocycles. The summed E-state index contributed by atoms with van der Waals surface area (Å²) in [6.45, 7) is 18.5. The van der Waals surface area contributed by atoms with Crippen molar-refractivity contribution in [3.05, 3.63) is 23.8 Å². The lowest BCUT2D eigenvalue weighted by Crippen LogP contribution is -2.46. The molecule has 10 heteroatoms. The molecular weight excluding hydrogens is 530 g/mol. The zero-order valence-corrected chi connectivity index (χ0v) is 26.3. The zero-order valence-electron chi connectivity index (χ0n) is 26.3. The lowest BCUT2D eigenvalue weighted by molar-refractivity contribution is -0.160. The summed E-state index contributed by atoms with van der Waals surface area (Å²) in [5, 5.41) is 0. The molecule has 41 heavy (non-hydrogen) atoms. The summed E-state index contributed by atoms with van der Waals surface area (Å²) in [6, 6.07) is 4.34. The summed E-state index contributed by atoms with van der Waals surface area (Å²) in [5.41, 5.74) is 4.76. The first-order valence-corrected chi connectivity index (χ1v) is 14.2. The number of carbonyl (C=O) groups excluding carboxylic acids is 4. The van der Waals surface area contributed by atoms with Crippen LogP contribution in [0.2, 0.25) is 0 Å². The van der Waals surface area contributed by atoms with E-state index >= 15 is 0 Å². The molecule has 1 aromatic rings. The molecule has 0 bridgehead atoms. The van der Waals surface area contributed by atoms with Crippen LogP contribution in [0.5, 0.6) is 11.5 Å². The van der Waals surface area contributed by atoms with Crippen LogP contribution < -0.4 is 15.2 Å². The highest BCUT2D eigenvalue weighted by atomic mass is 16.7. The number of hydrogen-bond donors (Lipinski definition) is 1. The molecule has 0 aliphatic rings. The molecule has 0 aromatic heterocycles. The Morgan fingerprint density at radius 1 is 0.756 bits per heavy atom. The predicted molar refractivity (Wildman–Crippen MR) is 154 cm³/mol. The van der Waals surface area contributed by atoms with Gasteiger partial charge >= 0.3 is 24.1 Å². The fourth-order valence-electron chi connectivity index (χ4n) is 3.22. The van der Waals surface area contributed by atoms with E-state index in [9.17, 15) is 19.2 Å². The predicted octanol–water partition coefficient (Wildman–Crippen LogP) is 6.06. The van der Waals surface area contributed by atoms with E-state index in [0.29, 0.717) is 18.8 Å². The maximum absolute atomic E-state index is 13.1.